The molecular formula is C22H26ClFN2O2S. The van der Waals surface area contributed by atoms with E-state index in [0.717, 1.165) is 4.90 Å². The number of thioether (sulfide) groups is 1. The number of rotatable bonds is 9. The van der Waals surface area contributed by atoms with Gasteiger partial charge in [0.25, 0.3) is 0 Å². The number of carbonyl (C=O) groups is 2. The first-order valence-electron chi connectivity index (χ1n) is 9.49. The second-order valence-corrected chi connectivity index (χ2v) is 8.61. The molecular weight excluding hydrogens is 411 g/mol. The maximum Gasteiger partial charge on any atom is 0.242 e. The van der Waals surface area contributed by atoms with E-state index in [2.05, 4.69) is 5.32 Å². The van der Waals surface area contributed by atoms with Gasteiger partial charge in [0.2, 0.25) is 11.8 Å². The third-order valence-corrected chi connectivity index (χ3v) is 5.56. The van der Waals surface area contributed by atoms with E-state index in [-0.39, 0.29) is 30.8 Å². The molecule has 0 aliphatic heterocycles. The lowest BCUT2D eigenvalue weighted by molar-refractivity contribution is -0.140. The Kier molecular flexibility index (Phi) is 8.99. The molecule has 2 aromatic carbocycles. The van der Waals surface area contributed by atoms with Gasteiger partial charge >= 0.3 is 0 Å². The van der Waals surface area contributed by atoms with Crippen molar-refractivity contribution in [2.45, 2.75) is 50.7 Å². The van der Waals surface area contributed by atoms with Gasteiger partial charge in [-0.2, -0.15) is 0 Å². The third-order valence-electron chi connectivity index (χ3n) is 4.30. The van der Waals surface area contributed by atoms with Crippen molar-refractivity contribution >= 4 is 35.2 Å². The van der Waals surface area contributed by atoms with Crippen LogP contribution < -0.4 is 5.32 Å². The molecule has 4 nitrogen and oxygen atoms in total. The highest BCUT2D eigenvalue weighted by Crippen LogP contribution is 2.22. The van der Waals surface area contributed by atoms with Crippen molar-refractivity contribution in [3.8, 4) is 0 Å². The highest BCUT2D eigenvalue weighted by atomic mass is 35.5. The van der Waals surface area contributed by atoms with E-state index in [1.54, 1.807) is 37.3 Å². The number of nitrogens with one attached hydrogen (secondary N) is 1. The van der Waals surface area contributed by atoms with Crippen molar-refractivity contribution < 1.29 is 14.0 Å². The number of nitrogens with zero attached hydrogens (tertiary/aromatic N) is 1. The molecule has 2 amide bonds. The maximum atomic E-state index is 14.1. The molecule has 29 heavy (non-hydrogen) atoms. The molecule has 0 aromatic heterocycles. The smallest absolute Gasteiger partial charge is 0.242 e. The first-order chi connectivity index (χ1) is 13.8. The van der Waals surface area contributed by atoms with Crippen LogP contribution in [0.2, 0.25) is 5.02 Å². The minimum atomic E-state index is -0.704. The molecule has 0 saturated heterocycles. The van der Waals surface area contributed by atoms with Gasteiger partial charge in [-0.05, 0) is 51.1 Å². The second-order valence-electron chi connectivity index (χ2n) is 7.00. The predicted molar refractivity (Wildman–Crippen MR) is 116 cm³/mol. The van der Waals surface area contributed by atoms with Gasteiger partial charge in [-0.3, -0.25) is 9.59 Å². The summed E-state index contributed by atoms with van der Waals surface area (Å²) in [5, 5.41) is 3.48. The van der Waals surface area contributed by atoms with Crippen LogP contribution in [0, 0.1) is 5.82 Å². The fraction of sp³-hybridized carbons (Fsp3) is 0.364. The minimum absolute atomic E-state index is 0.0454. The summed E-state index contributed by atoms with van der Waals surface area (Å²) >= 11 is 7.42. The van der Waals surface area contributed by atoms with E-state index in [4.69, 9.17) is 11.6 Å². The molecule has 0 aliphatic rings. The zero-order valence-corrected chi connectivity index (χ0v) is 18.4. The number of halogens is 2. The first kappa shape index (κ1) is 23.2. The monoisotopic (exact) mass is 436 g/mol. The molecule has 2 rings (SSSR count). The van der Waals surface area contributed by atoms with E-state index in [1.165, 1.54) is 22.7 Å². The van der Waals surface area contributed by atoms with Crippen molar-refractivity contribution in [3.63, 3.8) is 0 Å². The lowest BCUT2D eigenvalue weighted by Gasteiger charge is -2.29. The Morgan fingerprint density at radius 2 is 1.76 bits per heavy atom. The average molecular weight is 437 g/mol. The molecule has 0 aliphatic carbocycles. The predicted octanol–water partition coefficient (Wildman–Crippen LogP) is 4.90. The number of benzene rings is 2. The first-order valence-corrected chi connectivity index (χ1v) is 10.9. The number of amides is 2. The Labute approximate surface area is 180 Å². The summed E-state index contributed by atoms with van der Waals surface area (Å²) in [6, 6.07) is 12.9. The summed E-state index contributed by atoms with van der Waals surface area (Å²) in [7, 11) is 0. The quantitative estimate of drug-likeness (QED) is 0.568. The second kappa shape index (κ2) is 11.2. The summed E-state index contributed by atoms with van der Waals surface area (Å²) in [5.74, 6) is -0.291. The van der Waals surface area contributed by atoms with Crippen LogP contribution >= 0.6 is 23.4 Å². The third kappa shape index (κ3) is 7.37. The summed E-state index contributed by atoms with van der Waals surface area (Å²) in [4.78, 5) is 27.9. The van der Waals surface area contributed by atoms with Gasteiger partial charge in [0.1, 0.15) is 11.9 Å². The van der Waals surface area contributed by atoms with Crippen LogP contribution in [-0.4, -0.2) is 34.6 Å². The molecule has 0 unspecified atom stereocenters. The SMILES string of the molecule is CC(C)NC(=O)[C@H](C)N(Cc1ccccc1F)C(=O)CCSc1ccc(Cl)cc1. The van der Waals surface area contributed by atoms with Crippen molar-refractivity contribution in [1.82, 2.24) is 10.2 Å². The van der Waals surface area contributed by atoms with E-state index in [1.807, 2.05) is 26.0 Å². The molecule has 2 aromatic rings. The molecule has 0 spiro atoms. The molecule has 0 saturated carbocycles. The largest absolute Gasteiger partial charge is 0.352 e. The van der Waals surface area contributed by atoms with Crippen LogP contribution in [0.1, 0.15) is 32.8 Å². The fourth-order valence-corrected chi connectivity index (χ4v) is 3.70. The Morgan fingerprint density at radius 3 is 2.38 bits per heavy atom. The highest BCUT2D eigenvalue weighted by Gasteiger charge is 2.26. The number of carbonyl (C=O) groups excluding carboxylic acids is 2. The van der Waals surface area contributed by atoms with E-state index in [0.29, 0.717) is 16.3 Å². The van der Waals surface area contributed by atoms with E-state index >= 15 is 0 Å². The van der Waals surface area contributed by atoms with Gasteiger partial charge in [0.05, 0.1) is 0 Å². The lowest BCUT2D eigenvalue weighted by atomic mass is 10.1. The lowest BCUT2D eigenvalue weighted by Crippen LogP contribution is -2.49. The number of hydrogen-bond acceptors (Lipinski definition) is 3. The van der Waals surface area contributed by atoms with Gasteiger partial charge in [-0.15, -0.1) is 11.8 Å². The zero-order chi connectivity index (χ0) is 21.4. The van der Waals surface area contributed by atoms with Crippen molar-refractivity contribution in [2.24, 2.45) is 0 Å². The Morgan fingerprint density at radius 1 is 1.10 bits per heavy atom. The molecule has 1 N–H and O–H groups in total. The van der Waals surface area contributed by atoms with Gasteiger partial charge in [-0.25, -0.2) is 4.39 Å². The summed E-state index contributed by atoms with van der Waals surface area (Å²) in [6.45, 7) is 5.43. The minimum Gasteiger partial charge on any atom is -0.352 e. The van der Waals surface area contributed by atoms with Gasteiger partial charge in [-0.1, -0.05) is 29.8 Å². The summed E-state index contributed by atoms with van der Waals surface area (Å²) < 4.78 is 14.1. The Bertz CT molecular complexity index is 830. The topological polar surface area (TPSA) is 49.4 Å². The fourth-order valence-electron chi connectivity index (χ4n) is 2.73. The maximum absolute atomic E-state index is 14.1. The molecule has 1 atom stereocenters. The van der Waals surface area contributed by atoms with Crippen molar-refractivity contribution in [2.75, 3.05) is 5.75 Å². The van der Waals surface area contributed by atoms with E-state index in [9.17, 15) is 14.0 Å². The standard InChI is InChI=1S/C22H26ClFN2O2S/c1-15(2)25-22(28)16(3)26(14-17-6-4-5-7-20(17)24)21(27)12-13-29-19-10-8-18(23)9-11-19/h4-11,15-16H,12-14H2,1-3H3,(H,25,28)/t16-/m0/s1. The Balaban J connectivity index is 2.07. The van der Waals surface area contributed by atoms with Crippen LogP contribution in [0.15, 0.2) is 53.4 Å². The van der Waals surface area contributed by atoms with Crippen LogP contribution in [0.5, 0.6) is 0 Å². The summed E-state index contributed by atoms with van der Waals surface area (Å²) in [5.41, 5.74) is 0.385. The zero-order valence-electron chi connectivity index (χ0n) is 16.8. The van der Waals surface area contributed by atoms with E-state index < -0.39 is 11.9 Å². The van der Waals surface area contributed by atoms with Crippen LogP contribution in [0.25, 0.3) is 0 Å². The molecule has 0 bridgehead atoms. The van der Waals surface area contributed by atoms with Crippen molar-refractivity contribution in [3.05, 3.63) is 64.9 Å². The molecule has 0 fully saturated rings. The molecule has 0 radical (unpaired) electrons. The van der Waals surface area contributed by atoms with Crippen LogP contribution in [0.3, 0.4) is 0 Å². The summed E-state index contributed by atoms with van der Waals surface area (Å²) in [6.07, 6.45) is 0.237. The average Bonchev–Trinajstić information content (AvgIpc) is 2.67. The Hall–Kier alpha value is -2.05. The molecule has 0 heterocycles. The number of hydrogen-bond donors (Lipinski definition) is 1. The van der Waals surface area contributed by atoms with Crippen LogP contribution in [-0.2, 0) is 16.1 Å². The molecule has 7 heteroatoms. The van der Waals surface area contributed by atoms with Gasteiger partial charge in [0.15, 0.2) is 0 Å². The molecule has 156 valence electrons. The van der Waals surface area contributed by atoms with Gasteiger partial charge < -0.3 is 10.2 Å². The van der Waals surface area contributed by atoms with Gasteiger partial charge in [0, 0.05) is 40.2 Å². The van der Waals surface area contributed by atoms with Crippen LogP contribution in [0.4, 0.5) is 4.39 Å². The van der Waals surface area contributed by atoms with Crippen molar-refractivity contribution in [1.29, 1.82) is 0 Å². The normalized spacial score (nSPS) is 11.9. The highest BCUT2D eigenvalue weighted by molar-refractivity contribution is 7.99.